The molecule has 7 nitrogen and oxygen atoms in total. The Morgan fingerprint density at radius 2 is 1.79 bits per heavy atom. The van der Waals surface area contributed by atoms with Crippen LogP contribution in [0.1, 0.15) is 35.8 Å². The lowest BCUT2D eigenvalue weighted by Gasteiger charge is -2.26. The molecular weight excluding hydrogens is 529 g/mol. The largest absolute Gasteiger partial charge is 0.468 e. The minimum Gasteiger partial charge on any atom is -0.468 e. The van der Waals surface area contributed by atoms with Gasteiger partial charge >= 0.3 is 0 Å². The molecule has 4 rings (SSSR count). The second kappa shape index (κ2) is 12.6. The molecule has 1 aromatic carbocycles. The van der Waals surface area contributed by atoms with Gasteiger partial charge in [-0.2, -0.15) is 0 Å². The van der Waals surface area contributed by atoms with Crippen molar-refractivity contribution < 1.29 is 4.42 Å². The summed E-state index contributed by atoms with van der Waals surface area (Å²) in [5, 5.41) is 6.84. The van der Waals surface area contributed by atoms with Crippen molar-refractivity contribution in [1.29, 1.82) is 0 Å². The maximum absolute atomic E-state index is 11.9. The average Bonchev–Trinajstić information content (AvgIpc) is 3.54. The smallest absolute Gasteiger partial charge is 0.250 e. The highest BCUT2D eigenvalue weighted by Gasteiger charge is 2.25. The molecule has 1 saturated heterocycles. The van der Waals surface area contributed by atoms with Gasteiger partial charge in [-0.15, -0.1) is 24.0 Å². The summed E-state index contributed by atoms with van der Waals surface area (Å²) >= 11 is 0. The Morgan fingerprint density at radius 1 is 1.03 bits per heavy atom. The number of guanidine groups is 1. The van der Waals surface area contributed by atoms with Crippen LogP contribution in [-0.2, 0) is 13.1 Å². The van der Waals surface area contributed by atoms with E-state index in [2.05, 4.69) is 44.8 Å². The number of rotatable bonds is 8. The Bertz CT molecular complexity index is 1060. The molecule has 0 saturated carbocycles. The molecule has 2 aromatic heterocycles. The summed E-state index contributed by atoms with van der Waals surface area (Å²) in [6.07, 6.45) is 6.02. The fraction of sp³-hybridized carbons (Fsp3) is 0.360. The van der Waals surface area contributed by atoms with Crippen molar-refractivity contribution in [3.8, 4) is 0 Å². The predicted molar refractivity (Wildman–Crippen MR) is 142 cm³/mol. The van der Waals surface area contributed by atoms with Gasteiger partial charge in [0, 0.05) is 32.4 Å². The quantitative estimate of drug-likeness (QED) is 0.250. The van der Waals surface area contributed by atoms with Crippen molar-refractivity contribution in [3.05, 3.63) is 94.3 Å². The van der Waals surface area contributed by atoms with Crippen molar-refractivity contribution in [1.82, 2.24) is 20.1 Å². The summed E-state index contributed by atoms with van der Waals surface area (Å²) < 4.78 is 7.40. The van der Waals surface area contributed by atoms with E-state index in [1.165, 1.54) is 12.8 Å². The van der Waals surface area contributed by atoms with Crippen LogP contribution in [0.5, 0.6) is 0 Å². The second-order valence-corrected chi connectivity index (χ2v) is 8.06. The summed E-state index contributed by atoms with van der Waals surface area (Å²) in [4.78, 5) is 18.7. The van der Waals surface area contributed by atoms with Gasteiger partial charge in [-0.3, -0.25) is 14.7 Å². The highest BCUT2D eigenvalue weighted by atomic mass is 127. The average molecular weight is 561 g/mol. The third-order valence-corrected chi connectivity index (χ3v) is 5.87. The first-order valence-corrected chi connectivity index (χ1v) is 11.2. The van der Waals surface area contributed by atoms with E-state index in [1.807, 2.05) is 24.4 Å². The Balaban J connectivity index is 0.00000306. The van der Waals surface area contributed by atoms with Crippen LogP contribution < -0.4 is 16.2 Å². The monoisotopic (exact) mass is 561 g/mol. The first kappa shape index (κ1) is 25.0. The van der Waals surface area contributed by atoms with Crippen LogP contribution in [0.4, 0.5) is 0 Å². The molecule has 3 heterocycles. The van der Waals surface area contributed by atoms with Crippen molar-refractivity contribution >= 4 is 29.9 Å². The van der Waals surface area contributed by atoms with Crippen LogP contribution in [-0.4, -0.2) is 42.1 Å². The molecule has 3 aromatic rings. The zero-order valence-corrected chi connectivity index (χ0v) is 21.3. The van der Waals surface area contributed by atoms with E-state index in [0.29, 0.717) is 13.1 Å². The predicted octanol–water partition coefficient (Wildman–Crippen LogP) is 3.61. The maximum Gasteiger partial charge on any atom is 0.250 e. The van der Waals surface area contributed by atoms with Gasteiger partial charge in [0.1, 0.15) is 5.76 Å². The van der Waals surface area contributed by atoms with Crippen LogP contribution in [0.2, 0.25) is 0 Å². The number of pyridine rings is 1. The molecular formula is C25H32IN5O2. The fourth-order valence-corrected chi connectivity index (χ4v) is 4.09. The topological polar surface area (TPSA) is 74.8 Å². The van der Waals surface area contributed by atoms with Gasteiger partial charge in [0.15, 0.2) is 5.96 Å². The highest BCUT2D eigenvalue weighted by molar-refractivity contribution is 14.0. The molecule has 176 valence electrons. The van der Waals surface area contributed by atoms with E-state index in [9.17, 15) is 4.79 Å². The number of aromatic nitrogens is 1. The van der Waals surface area contributed by atoms with E-state index >= 15 is 0 Å². The van der Waals surface area contributed by atoms with Crippen molar-refractivity contribution in [3.63, 3.8) is 0 Å². The van der Waals surface area contributed by atoms with E-state index in [-0.39, 0.29) is 35.6 Å². The standard InChI is InChI=1S/C25H31N5O2.HI/c1-26-25(28-18-22(23-7-6-16-32-23)29-13-4-5-14-29)27-17-20-9-11-21(12-10-20)19-30-15-3-2-8-24(30)31;/h2-3,6-12,15-16,22H,4-5,13-14,17-19H2,1H3,(H2,26,27,28);1H. The van der Waals surface area contributed by atoms with Gasteiger partial charge < -0.3 is 19.6 Å². The lowest BCUT2D eigenvalue weighted by atomic mass is 10.1. The third kappa shape index (κ3) is 6.94. The lowest BCUT2D eigenvalue weighted by molar-refractivity contribution is 0.215. The molecule has 1 aliphatic heterocycles. The van der Waals surface area contributed by atoms with Gasteiger partial charge in [-0.05, 0) is 55.3 Å². The molecule has 8 heteroatoms. The van der Waals surface area contributed by atoms with Crippen molar-refractivity contribution in [2.24, 2.45) is 4.99 Å². The highest BCUT2D eigenvalue weighted by Crippen LogP contribution is 2.24. The number of hydrogen-bond acceptors (Lipinski definition) is 4. The summed E-state index contributed by atoms with van der Waals surface area (Å²) in [6.45, 7) is 4.17. The molecule has 33 heavy (non-hydrogen) atoms. The number of benzene rings is 1. The van der Waals surface area contributed by atoms with Crippen LogP contribution in [0, 0.1) is 0 Å². The van der Waals surface area contributed by atoms with E-state index in [0.717, 1.165) is 42.5 Å². The molecule has 0 amide bonds. The number of likely N-dealkylation sites (tertiary alicyclic amines) is 1. The molecule has 0 aliphatic carbocycles. The summed E-state index contributed by atoms with van der Waals surface area (Å²) in [6, 6.07) is 17.7. The fourth-order valence-electron chi connectivity index (χ4n) is 4.09. The number of halogens is 1. The molecule has 1 unspecified atom stereocenters. The Labute approximate surface area is 211 Å². The van der Waals surface area contributed by atoms with E-state index in [4.69, 9.17) is 4.42 Å². The van der Waals surface area contributed by atoms with Crippen LogP contribution in [0.3, 0.4) is 0 Å². The summed E-state index contributed by atoms with van der Waals surface area (Å²) in [5.74, 6) is 1.75. The molecule has 1 fully saturated rings. The Hall–Kier alpha value is -2.59. The van der Waals surface area contributed by atoms with Crippen LogP contribution >= 0.6 is 24.0 Å². The van der Waals surface area contributed by atoms with Gasteiger partial charge in [-0.25, -0.2) is 0 Å². The summed E-state index contributed by atoms with van der Waals surface area (Å²) in [5.41, 5.74) is 2.26. The minimum absolute atomic E-state index is 0. The molecule has 1 aliphatic rings. The molecule has 1 atom stereocenters. The van der Waals surface area contributed by atoms with Crippen LogP contribution in [0.25, 0.3) is 0 Å². The number of nitrogens with zero attached hydrogens (tertiary/aromatic N) is 3. The zero-order valence-electron chi connectivity index (χ0n) is 18.9. The number of furan rings is 1. The number of aliphatic imine (C=N–C) groups is 1. The maximum atomic E-state index is 11.9. The molecule has 0 spiro atoms. The summed E-state index contributed by atoms with van der Waals surface area (Å²) in [7, 11) is 1.79. The first-order valence-electron chi connectivity index (χ1n) is 11.2. The van der Waals surface area contributed by atoms with E-state index < -0.39 is 0 Å². The molecule has 0 radical (unpaired) electrons. The van der Waals surface area contributed by atoms with Gasteiger partial charge in [0.25, 0.3) is 5.56 Å². The van der Waals surface area contributed by atoms with Crippen molar-refractivity contribution in [2.75, 3.05) is 26.7 Å². The molecule has 2 N–H and O–H groups in total. The van der Waals surface area contributed by atoms with Crippen LogP contribution in [0.15, 0.2) is 81.3 Å². The lowest BCUT2D eigenvalue weighted by Crippen LogP contribution is -2.42. The number of hydrogen-bond donors (Lipinski definition) is 2. The molecule has 0 bridgehead atoms. The Morgan fingerprint density at radius 3 is 2.45 bits per heavy atom. The third-order valence-electron chi connectivity index (χ3n) is 5.87. The van der Waals surface area contributed by atoms with Crippen molar-refractivity contribution in [2.45, 2.75) is 32.0 Å². The normalized spacial score (nSPS) is 15.1. The SMILES string of the molecule is CN=C(NCc1ccc(Cn2ccccc2=O)cc1)NCC(c1ccco1)N1CCCC1.I. The van der Waals surface area contributed by atoms with Gasteiger partial charge in [0.2, 0.25) is 0 Å². The second-order valence-electron chi connectivity index (χ2n) is 8.06. The Kier molecular flexibility index (Phi) is 9.56. The van der Waals surface area contributed by atoms with E-state index in [1.54, 1.807) is 30.0 Å². The minimum atomic E-state index is 0. The zero-order chi connectivity index (χ0) is 22.2. The first-order chi connectivity index (χ1) is 15.7. The van der Waals surface area contributed by atoms with Gasteiger partial charge in [0.05, 0.1) is 18.8 Å². The number of nitrogens with one attached hydrogen (secondary N) is 2. The van der Waals surface area contributed by atoms with Gasteiger partial charge in [-0.1, -0.05) is 30.3 Å².